The van der Waals surface area contributed by atoms with Crippen molar-refractivity contribution in [2.45, 2.75) is 51.0 Å². The number of nitrogens with zero attached hydrogens (tertiary/aromatic N) is 2. The van der Waals surface area contributed by atoms with Crippen LogP contribution < -0.4 is 5.32 Å². The molecule has 1 aliphatic heterocycles. The van der Waals surface area contributed by atoms with Gasteiger partial charge in [0.05, 0.1) is 23.5 Å². The highest BCUT2D eigenvalue weighted by molar-refractivity contribution is 6.01. The predicted octanol–water partition coefficient (Wildman–Crippen LogP) is 2.45. The van der Waals surface area contributed by atoms with Crippen molar-refractivity contribution >= 4 is 28.7 Å². The molecule has 0 radical (unpaired) electrons. The molecule has 1 saturated carbocycles. The quantitative estimate of drug-likeness (QED) is 0.806. The Morgan fingerprint density at radius 1 is 1.19 bits per heavy atom. The SMILES string of the molecule is O=C1CCC(c2ccc3c(cnn3C[C@H]3CC[C@H](C(=O)O)CC3)c2)C(=O)N1. The second-order valence-electron chi connectivity index (χ2n) is 7.70. The van der Waals surface area contributed by atoms with E-state index in [4.69, 9.17) is 5.11 Å². The lowest BCUT2D eigenvalue weighted by atomic mass is 9.82. The standard InChI is InChI=1S/C20H23N3O4/c24-18-8-6-16(19(25)22-18)14-5-7-17-15(9-14)10-21-23(17)11-12-1-3-13(4-2-12)20(26)27/h5,7,9-10,12-13,16H,1-4,6,8,11H2,(H,26,27)(H,22,24,25)/t12-,13-,16?. The molecule has 7 nitrogen and oxygen atoms in total. The number of aliphatic carboxylic acids is 1. The molecule has 1 aromatic heterocycles. The lowest BCUT2D eigenvalue weighted by Crippen LogP contribution is -2.39. The molecule has 142 valence electrons. The van der Waals surface area contributed by atoms with Crippen LogP contribution in [0.15, 0.2) is 24.4 Å². The number of rotatable bonds is 4. The van der Waals surface area contributed by atoms with Crippen LogP contribution >= 0.6 is 0 Å². The van der Waals surface area contributed by atoms with Gasteiger partial charge in [0.15, 0.2) is 0 Å². The number of imide groups is 1. The molecular formula is C20H23N3O4. The van der Waals surface area contributed by atoms with Gasteiger partial charge in [0.25, 0.3) is 0 Å². The van der Waals surface area contributed by atoms with Crippen molar-refractivity contribution in [2.75, 3.05) is 0 Å². The number of carbonyl (C=O) groups is 3. The highest BCUT2D eigenvalue weighted by atomic mass is 16.4. The van der Waals surface area contributed by atoms with Gasteiger partial charge in [-0.05, 0) is 55.7 Å². The van der Waals surface area contributed by atoms with Crippen molar-refractivity contribution in [3.63, 3.8) is 0 Å². The molecule has 1 atom stereocenters. The molecule has 2 N–H and O–H groups in total. The highest BCUT2D eigenvalue weighted by Gasteiger charge is 2.29. The van der Waals surface area contributed by atoms with Gasteiger partial charge >= 0.3 is 5.97 Å². The minimum Gasteiger partial charge on any atom is -0.481 e. The van der Waals surface area contributed by atoms with E-state index >= 15 is 0 Å². The topological polar surface area (TPSA) is 101 Å². The Morgan fingerprint density at radius 3 is 2.67 bits per heavy atom. The molecule has 2 amide bonds. The number of carboxylic acids is 1. The van der Waals surface area contributed by atoms with Crippen LogP contribution in [0.4, 0.5) is 0 Å². The van der Waals surface area contributed by atoms with Gasteiger partial charge in [0.2, 0.25) is 11.8 Å². The predicted molar refractivity (Wildman–Crippen MR) is 97.9 cm³/mol. The van der Waals surface area contributed by atoms with Gasteiger partial charge in [-0.15, -0.1) is 0 Å². The molecule has 2 fully saturated rings. The van der Waals surface area contributed by atoms with Crippen LogP contribution in [0.2, 0.25) is 0 Å². The van der Waals surface area contributed by atoms with E-state index in [9.17, 15) is 14.4 Å². The summed E-state index contributed by atoms with van der Waals surface area (Å²) in [5.74, 6) is -1.16. The fourth-order valence-electron chi connectivity index (χ4n) is 4.32. The van der Waals surface area contributed by atoms with Gasteiger partial charge in [-0.3, -0.25) is 24.4 Å². The maximum atomic E-state index is 12.1. The molecule has 27 heavy (non-hydrogen) atoms. The van der Waals surface area contributed by atoms with Crippen molar-refractivity contribution in [1.82, 2.24) is 15.1 Å². The number of aromatic nitrogens is 2. The number of hydrogen-bond acceptors (Lipinski definition) is 4. The largest absolute Gasteiger partial charge is 0.481 e. The second kappa shape index (κ2) is 7.13. The van der Waals surface area contributed by atoms with Crippen LogP contribution in [-0.2, 0) is 20.9 Å². The molecule has 2 aromatic rings. The Balaban J connectivity index is 1.47. The second-order valence-corrected chi connectivity index (χ2v) is 7.70. The van der Waals surface area contributed by atoms with E-state index < -0.39 is 5.97 Å². The van der Waals surface area contributed by atoms with Gasteiger partial charge in [0.1, 0.15) is 0 Å². The van der Waals surface area contributed by atoms with Crippen LogP contribution in [0, 0.1) is 11.8 Å². The van der Waals surface area contributed by atoms with Crippen LogP contribution in [0.25, 0.3) is 10.9 Å². The summed E-state index contributed by atoms with van der Waals surface area (Å²) in [6, 6.07) is 5.92. The lowest BCUT2D eigenvalue weighted by Gasteiger charge is -2.26. The van der Waals surface area contributed by atoms with Crippen LogP contribution in [0.3, 0.4) is 0 Å². The lowest BCUT2D eigenvalue weighted by molar-refractivity contribution is -0.143. The Bertz CT molecular complexity index is 896. The van der Waals surface area contributed by atoms with E-state index in [0.717, 1.165) is 48.7 Å². The third kappa shape index (κ3) is 3.59. The summed E-state index contributed by atoms with van der Waals surface area (Å²) in [5.41, 5.74) is 1.93. The normalized spacial score (nSPS) is 26.1. The van der Waals surface area contributed by atoms with E-state index in [1.807, 2.05) is 29.1 Å². The summed E-state index contributed by atoms with van der Waals surface area (Å²) < 4.78 is 1.98. The number of amides is 2. The molecule has 2 aliphatic rings. The number of benzene rings is 1. The number of nitrogens with one attached hydrogen (secondary N) is 1. The molecule has 1 unspecified atom stereocenters. The number of piperidine rings is 1. The summed E-state index contributed by atoms with van der Waals surface area (Å²) in [4.78, 5) is 34.5. The Hall–Kier alpha value is -2.70. The van der Waals surface area contributed by atoms with E-state index in [-0.39, 0.29) is 23.7 Å². The van der Waals surface area contributed by atoms with Crippen molar-refractivity contribution in [3.05, 3.63) is 30.0 Å². The first-order chi connectivity index (χ1) is 13.0. The first-order valence-corrected chi connectivity index (χ1v) is 9.53. The molecule has 7 heteroatoms. The molecule has 4 rings (SSSR count). The van der Waals surface area contributed by atoms with Crippen molar-refractivity contribution < 1.29 is 19.5 Å². The summed E-state index contributed by atoms with van der Waals surface area (Å²) in [6.45, 7) is 0.785. The molecule has 1 aromatic carbocycles. The van der Waals surface area contributed by atoms with Crippen LogP contribution in [-0.4, -0.2) is 32.7 Å². The van der Waals surface area contributed by atoms with Crippen molar-refractivity contribution in [2.24, 2.45) is 11.8 Å². The molecular weight excluding hydrogens is 346 g/mol. The van der Waals surface area contributed by atoms with Crippen molar-refractivity contribution in [1.29, 1.82) is 0 Å². The fraction of sp³-hybridized carbons (Fsp3) is 0.500. The minimum absolute atomic E-state index is 0.202. The Labute approximate surface area is 156 Å². The van der Waals surface area contributed by atoms with Crippen LogP contribution in [0.5, 0.6) is 0 Å². The van der Waals surface area contributed by atoms with E-state index in [1.165, 1.54) is 0 Å². The number of carbonyl (C=O) groups excluding carboxylic acids is 2. The summed E-state index contributed by atoms with van der Waals surface area (Å²) in [7, 11) is 0. The van der Waals surface area contributed by atoms with Gasteiger partial charge in [0, 0.05) is 18.4 Å². The van der Waals surface area contributed by atoms with Crippen LogP contribution in [0.1, 0.15) is 50.0 Å². The zero-order chi connectivity index (χ0) is 19.0. The first-order valence-electron chi connectivity index (χ1n) is 9.53. The summed E-state index contributed by atoms with van der Waals surface area (Å²) in [6.07, 6.45) is 6.01. The monoisotopic (exact) mass is 369 g/mol. The minimum atomic E-state index is -0.682. The highest BCUT2D eigenvalue weighted by Crippen LogP contribution is 2.32. The van der Waals surface area contributed by atoms with Gasteiger partial charge in [-0.25, -0.2) is 0 Å². The maximum absolute atomic E-state index is 12.1. The molecule has 1 aliphatic carbocycles. The van der Waals surface area contributed by atoms with Crippen molar-refractivity contribution in [3.8, 4) is 0 Å². The Kier molecular flexibility index (Phi) is 4.68. The summed E-state index contributed by atoms with van der Waals surface area (Å²) >= 11 is 0. The zero-order valence-corrected chi connectivity index (χ0v) is 15.1. The average Bonchev–Trinajstić information content (AvgIpc) is 3.04. The third-order valence-electron chi connectivity index (χ3n) is 5.93. The van der Waals surface area contributed by atoms with Gasteiger partial charge < -0.3 is 5.11 Å². The van der Waals surface area contributed by atoms with E-state index in [0.29, 0.717) is 18.8 Å². The summed E-state index contributed by atoms with van der Waals surface area (Å²) in [5, 5.41) is 17.0. The van der Waals surface area contributed by atoms with E-state index in [2.05, 4.69) is 10.4 Å². The van der Waals surface area contributed by atoms with Gasteiger partial charge in [-0.2, -0.15) is 5.10 Å². The average molecular weight is 369 g/mol. The molecule has 2 heterocycles. The molecule has 1 saturated heterocycles. The fourth-order valence-corrected chi connectivity index (χ4v) is 4.32. The number of hydrogen-bond donors (Lipinski definition) is 2. The van der Waals surface area contributed by atoms with Gasteiger partial charge in [-0.1, -0.05) is 6.07 Å². The van der Waals surface area contributed by atoms with E-state index in [1.54, 1.807) is 0 Å². The molecule has 0 spiro atoms. The number of carboxylic acid groups (broad SMARTS) is 1. The smallest absolute Gasteiger partial charge is 0.306 e. The first kappa shape index (κ1) is 17.7. The third-order valence-corrected chi connectivity index (χ3v) is 5.93. The Morgan fingerprint density at radius 2 is 1.96 bits per heavy atom. The zero-order valence-electron chi connectivity index (χ0n) is 15.1. The number of fused-ring (bicyclic) bond motifs is 1. The maximum Gasteiger partial charge on any atom is 0.306 e. The molecule has 0 bridgehead atoms.